The lowest BCUT2D eigenvalue weighted by molar-refractivity contribution is -0.140. The van der Waals surface area contributed by atoms with E-state index in [1.807, 2.05) is 18.2 Å². The fourth-order valence-corrected chi connectivity index (χ4v) is 4.45. The van der Waals surface area contributed by atoms with Gasteiger partial charge in [0.25, 0.3) is 11.7 Å². The SMILES string of the molecule is Cc1nc2ccccn2c1C(O)=C1C(=O)C(=O)N(CCN2CCOCC2)[C@@H]1c1ccco1. The van der Waals surface area contributed by atoms with Crippen LogP contribution in [0.4, 0.5) is 0 Å². The molecular formula is C23H24N4O5. The summed E-state index contributed by atoms with van der Waals surface area (Å²) >= 11 is 0. The number of aliphatic hydroxyl groups excluding tert-OH is 1. The molecule has 5 heterocycles. The van der Waals surface area contributed by atoms with E-state index in [1.165, 1.54) is 11.2 Å². The van der Waals surface area contributed by atoms with Gasteiger partial charge in [0.1, 0.15) is 23.1 Å². The number of hydrogen-bond donors (Lipinski definition) is 1. The molecule has 0 aliphatic carbocycles. The summed E-state index contributed by atoms with van der Waals surface area (Å²) in [5, 5.41) is 11.3. The molecule has 1 N–H and O–H groups in total. The van der Waals surface area contributed by atoms with Crippen LogP contribution in [0.5, 0.6) is 0 Å². The topological polar surface area (TPSA) is 101 Å². The molecule has 5 rings (SSSR count). The lowest BCUT2D eigenvalue weighted by Crippen LogP contribution is -2.42. The van der Waals surface area contributed by atoms with Crippen molar-refractivity contribution in [1.82, 2.24) is 19.2 Å². The molecule has 3 aromatic rings. The minimum absolute atomic E-state index is 0.0145. The summed E-state index contributed by atoms with van der Waals surface area (Å²) in [5.41, 5.74) is 1.61. The van der Waals surface area contributed by atoms with E-state index in [4.69, 9.17) is 9.15 Å². The Morgan fingerprint density at radius 2 is 1.97 bits per heavy atom. The number of aliphatic hydroxyl groups is 1. The molecule has 9 nitrogen and oxygen atoms in total. The van der Waals surface area contributed by atoms with Crippen LogP contribution in [0.25, 0.3) is 11.4 Å². The number of nitrogens with zero attached hydrogens (tertiary/aromatic N) is 4. The molecule has 0 unspecified atom stereocenters. The van der Waals surface area contributed by atoms with Crippen LogP contribution >= 0.6 is 0 Å². The Kier molecular flexibility index (Phi) is 5.28. The number of aromatic nitrogens is 2. The van der Waals surface area contributed by atoms with Gasteiger partial charge >= 0.3 is 0 Å². The number of ketones is 1. The largest absolute Gasteiger partial charge is 0.505 e. The van der Waals surface area contributed by atoms with Crippen molar-refractivity contribution in [2.24, 2.45) is 0 Å². The molecule has 1 atom stereocenters. The number of amides is 1. The van der Waals surface area contributed by atoms with Gasteiger partial charge < -0.3 is 19.2 Å². The van der Waals surface area contributed by atoms with Gasteiger partial charge in [-0.1, -0.05) is 6.07 Å². The summed E-state index contributed by atoms with van der Waals surface area (Å²) < 4.78 is 12.7. The quantitative estimate of drug-likeness (QED) is 0.371. The molecule has 0 bridgehead atoms. The van der Waals surface area contributed by atoms with Gasteiger partial charge in [0, 0.05) is 32.4 Å². The predicted octanol–water partition coefficient (Wildman–Crippen LogP) is 1.99. The van der Waals surface area contributed by atoms with Crippen molar-refractivity contribution in [2.45, 2.75) is 13.0 Å². The number of furan rings is 1. The van der Waals surface area contributed by atoms with Gasteiger partial charge in [-0.2, -0.15) is 0 Å². The number of carbonyl (C=O) groups is 2. The number of likely N-dealkylation sites (tertiary alicyclic amines) is 1. The van der Waals surface area contributed by atoms with Crippen molar-refractivity contribution in [3.05, 3.63) is 65.5 Å². The third-order valence-corrected chi connectivity index (χ3v) is 6.04. The summed E-state index contributed by atoms with van der Waals surface area (Å²) in [7, 11) is 0. The second kappa shape index (κ2) is 8.25. The van der Waals surface area contributed by atoms with Crippen LogP contribution < -0.4 is 0 Å². The van der Waals surface area contributed by atoms with Gasteiger partial charge in [-0.3, -0.25) is 18.9 Å². The summed E-state index contributed by atoms with van der Waals surface area (Å²) in [6.07, 6.45) is 3.26. The van der Waals surface area contributed by atoms with Gasteiger partial charge in [-0.25, -0.2) is 4.98 Å². The molecule has 0 radical (unpaired) electrons. The summed E-state index contributed by atoms with van der Waals surface area (Å²) in [6, 6.07) is 8.09. The van der Waals surface area contributed by atoms with Crippen LogP contribution in [0.15, 0.2) is 52.8 Å². The number of pyridine rings is 1. The van der Waals surface area contributed by atoms with Crippen molar-refractivity contribution < 1.29 is 23.8 Å². The fourth-order valence-electron chi connectivity index (χ4n) is 4.45. The first-order valence-electron chi connectivity index (χ1n) is 10.6. The van der Waals surface area contributed by atoms with Gasteiger partial charge in [-0.05, 0) is 31.2 Å². The standard InChI is InChI=1S/C23H24N4O5/c1-15-19(26-7-3-2-6-17(26)24-15)21(28)18-20(16-5-4-12-32-16)27(23(30)22(18)29)9-8-25-10-13-31-14-11-25/h2-7,12,20,28H,8-11,13-14H2,1H3/t20-/m1/s1. The second-order valence-electron chi connectivity index (χ2n) is 7.94. The smallest absolute Gasteiger partial charge is 0.295 e. The lowest BCUT2D eigenvalue weighted by atomic mass is 10.0. The molecule has 3 aromatic heterocycles. The van der Waals surface area contributed by atoms with Crippen LogP contribution in [0, 0.1) is 6.92 Å². The molecule has 0 aromatic carbocycles. The van der Waals surface area contributed by atoms with Gasteiger partial charge in [0.15, 0.2) is 5.76 Å². The van der Waals surface area contributed by atoms with Gasteiger partial charge in [0.2, 0.25) is 0 Å². The van der Waals surface area contributed by atoms with Crippen LogP contribution in [0.3, 0.4) is 0 Å². The normalized spacial score (nSPS) is 21.7. The van der Waals surface area contributed by atoms with E-state index in [-0.39, 0.29) is 11.3 Å². The highest BCUT2D eigenvalue weighted by molar-refractivity contribution is 6.46. The number of rotatable bonds is 5. The first-order valence-corrected chi connectivity index (χ1v) is 10.6. The van der Waals surface area contributed by atoms with Crippen LogP contribution in [-0.4, -0.2) is 75.4 Å². The van der Waals surface area contributed by atoms with E-state index >= 15 is 0 Å². The van der Waals surface area contributed by atoms with Crippen molar-refractivity contribution >= 4 is 23.1 Å². The third-order valence-electron chi connectivity index (χ3n) is 6.04. The molecule has 1 amide bonds. The highest BCUT2D eigenvalue weighted by Crippen LogP contribution is 2.40. The average molecular weight is 436 g/mol. The molecule has 2 saturated heterocycles. The Labute approximate surface area is 184 Å². The third kappa shape index (κ3) is 3.39. The maximum absolute atomic E-state index is 13.1. The molecule has 166 valence electrons. The first kappa shape index (κ1) is 20.5. The number of imidazole rings is 1. The highest BCUT2D eigenvalue weighted by atomic mass is 16.5. The summed E-state index contributed by atoms with van der Waals surface area (Å²) in [5.74, 6) is -1.20. The minimum Gasteiger partial charge on any atom is -0.505 e. The molecular weight excluding hydrogens is 412 g/mol. The van der Waals surface area contributed by atoms with Crippen LogP contribution in [-0.2, 0) is 14.3 Å². The fraction of sp³-hybridized carbons (Fsp3) is 0.348. The van der Waals surface area contributed by atoms with Crippen molar-refractivity contribution in [3.63, 3.8) is 0 Å². The number of hydrogen-bond acceptors (Lipinski definition) is 7. The van der Waals surface area contributed by atoms with Crippen LogP contribution in [0.2, 0.25) is 0 Å². The van der Waals surface area contributed by atoms with Crippen molar-refractivity contribution in [1.29, 1.82) is 0 Å². The second-order valence-corrected chi connectivity index (χ2v) is 7.94. The molecule has 2 aliphatic rings. The monoisotopic (exact) mass is 436 g/mol. The zero-order chi connectivity index (χ0) is 22.2. The molecule has 0 saturated carbocycles. The van der Waals surface area contributed by atoms with Crippen LogP contribution in [0.1, 0.15) is 23.2 Å². The molecule has 0 spiro atoms. The molecule has 32 heavy (non-hydrogen) atoms. The van der Waals surface area contributed by atoms with Crippen molar-refractivity contribution in [3.8, 4) is 0 Å². The Morgan fingerprint density at radius 1 is 1.16 bits per heavy atom. The van der Waals surface area contributed by atoms with Crippen molar-refractivity contribution in [2.75, 3.05) is 39.4 Å². The number of morpholine rings is 1. The van der Waals surface area contributed by atoms with E-state index in [1.54, 1.807) is 29.7 Å². The maximum atomic E-state index is 13.1. The molecule has 9 heteroatoms. The number of fused-ring (bicyclic) bond motifs is 1. The van der Waals surface area contributed by atoms with Gasteiger partial charge in [0.05, 0.1) is 30.7 Å². The zero-order valence-electron chi connectivity index (χ0n) is 17.7. The number of carbonyl (C=O) groups excluding carboxylic acids is 2. The Morgan fingerprint density at radius 3 is 2.72 bits per heavy atom. The minimum atomic E-state index is -0.806. The first-order chi connectivity index (χ1) is 15.6. The van der Waals surface area contributed by atoms with E-state index in [0.717, 1.165) is 13.1 Å². The Bertz CT molecular complexity index is 1190. The average Bonchev–Trinajstić information content (AvgIpc) is 3.50. The van der Waals surface area contributed by atoms with E-state index < -0.39 is 17.7 Å². The summed E-state index contributed by atoms with van der Waals surface area (Å²) in [4.78, 5) is 34.3. The number of aryl methyl sites for hydroxylation is 1. The zero-order valence-corrected chi connectivity index (χ0v) is 17.7. The van der Waals surface area contributed by atoms with E-state index in [2.05, 4.69) is 9.88 Å². The Balaban J connectivity index is 1.57. The molecule has 2 fully saturated rings. The number of Topliss-reactive ketones (excluding diaryl/α,β-unsaturated/α-hetero) is 1. The maximum Gasteiger partial charge on any atom is 0.295 e. The van der Waals surface area contributed by atoms with Gasteiger partial charge in [-0.15, -0.1) is 0 Å². The lowest BCUT2D eigenvalue weighted by Gasteiger charge is -2.30. The highest BCUT2D eigenvalue weighted by Gasteiger charge is 2.47. The predicted molar refractivity (Wildman–Crippen MR) is 115 cm³/mol. The Hall–Kier alpha value is -3.43. The van der Waals surface area contributed by atoms with E-state index in [0.29, 0.717) is 49.1 Å². The number of ether oxygens (including phenoxy) is 1. The molecule has 2 aliphatic heterocycles. The van der Waals surface area contributed by atoms with E-state index in [9.17, 15) is 14.7 Å². The summed E-state index contributed by atoms with van der Waals surface area (Å²) in [6.45, 7) is 5.54.